The standard InChI is InChI=1S/C18H27N7O2/c1-12-13(2)25-14-15(21(3)18(27)22(4)16(14)26)19-17(25)24(20-12)11-10-23-8-6-5-7-9-23/h13H,5-11H2,1-4H3/t13-/m1/s1. The number of nitrogens with zero attached hydrogens (tertiary/aromatic N) is 7. The average molecular weight is 373 g/mol. The van der Waals surface area contributed by atoms with Gasteiger partial charge in [-0.1, -0.05) is 6.42 Å². The van der Waals surface area contributed by atoms with Crippen LogP contribution in [0.3, 0.4) is 0 Å². The van der Waals surface area contributed by atoms with Gasteiger partial charge in [-0.2, -0.15) is 10.1 Å². The van der Waals surface area contributed by atoms with Crippen molar-refractivity contribution in [3.8, 4) is 0 Å². The lowest BCUT2D eigenvalue weighted by Crippen LogP contribution is -2.40. The Labute approximate surface area is 157 Å². The third-order valence-electron chi connectivity index (χ3n) is 5.85. The van der Waals surface area contributed by atoms with Crippen molar-refractivity contribution in [3.05, 3.63) is 20.8 Å². The molecule has 0 unspecified atom stereocenters. The van der Waals surface area contributed by atoms with Gasteiger partial charge in [0.25, 0.3) is 5.56 Å². The molecule has 0 aliphatic carbocycles. The summed E-state index contributed by atoms with van der Waals surface area (Å²) in [5.41, 5.74) is 1.12. The highest BCUT2D eigenvalue weighted by atomic mass is 16.2. The molecule has 146 valence electrons. The Hall–Kier alpha value is -2.42. The van der Waals surface area contributed by atoms with Crippen LogP contribution in [0, 0.1) is 0 Å². The Bertz CT molecular complexity index is 1020. The number of imidazole rings is 1. The van der Waals surface area contributed by atoms with Crippen molar-refractivity contribution in [2.75, 3.05) is 31.2 Å². The third kappa shape index (κ3) is 2.80. The highest BCUT2D eigenvalue weighted by Gasteiger charge is 2.30. The van der Waals surface area contributed by atoms with Crippen LogP contribution in [0.5, 0.6) is 0 Å². The lowest BCUT2D eigenvalue weighted by atomic mass is 10.1. The molecule has 27 heavy (non-hydrogen) atoms. The summed E-state index contributed by atoms with van der Waals surface area (Å²) in [6.07, 6.45) is 3.80. The quantitative estimate of drug-likeness (QED) is 0.790. The van der Waals surface area contributed by atoms with E-state index in [1.54, 1.807) is 7.05 Å². The molecule has 0 radical (unpaired) electrons. The first-order valence-electron chi connectivity index (χ1n) is 9.63. The van der Waals surface area contributed by atoms with Crippen molar-refractivity contribution >= 4 is 22.8 Å². The zero-order valence-electron chi connectivity index (χ0n) is 16.5. The lowest BCUT2D eigenvalue weighted by Gasteiger charge is -2.32. The summed E-state index contributed by atoms with van der Waals surface area (Å²) in [6.45, 7) is 7.85. The monoisotopic (exact) mass is 373 g/mol. The van der Waals surface area contributed by atoms with Gasteiger partial charge in [0.15, 0.2) is 11.2 Å². The van der Waals surface area contributed by atoms with E-state index in [9.17, 15) is 9.59 Å². The van der Waals surface area contributed by atoms with Crippen LogP contribution in [0.15, 0.2) is 14.7 Å². The number of hydrazone groups is 1. The fourth-order valence-electron chi connectivity index (χ4n) is 4.03. The maximum Gasteiger partial charge on any atom is 0.332 e. The number of fused-ring (bicyclic) bond motifs is 3. The molecule has 9 heteroatoms. The summed E-state index contributed by atoms with van der Waals surface area (Å²) in [7, 11) is 3.16. The minimum atomic E-state index is -0.367. The number of hydrogen-bond acceptors (Lipinski definition) is 6. The van der Waals surface area contributed by atoms with Crippen LogP contribution in [0.25, 0.3) is 11.2 Å². The Kier molecular flexibility index (Phi) is 4.41. The third-order valence-corrected chi connectivity index (χ3v) is 5.85. The van der Waals surface area contributed by atoms with E-state index in [2.05, 4.69) is 9.88 Å². The van der Waals surface area contributed by atoms with Crippen LogP contribution in [-0.4, -0.2) is 55.5 Å². The van der Waals surface area contributed by atoms with E-state index in [0.29, 0.717) is 23.7 Å². The highest BCUT2D eigenvalue weighted by molar-refractivity contribution is 5.91. The molecule has 1 saturated heterocycles. The van der Waals surface area contributed by atoms with Crippen molar-refractivity contribution < 1.29 is 0 Å². The fraction of sp³-hybridized carbons (Fsp3) is 0.667. The van der Waals surface area contributed by atoms with Crippen LogP contribution in [0.1, 0.15) is 39.2 Å². The largest absolute Gasteiger partial charge is 0.332 e. The summed E-state index contributed by atoms with van der Waals surface area (Å²) < 4.78 is 4.51. The summed E-state index contributed by atoms with van der Waals surface area (Å²) >= 11 is 0. The molecule has 2 aromatic rings. The Morgan fingerprint density at radius 2 is 1.74 bits per heavy atom. The van der Waals surface area contributed by atoms with Gasteiger partial charge in [0.05, 0.1) is 18.3 Å². The molecule has 0 saturated carbocycles. The highest BCUT2D eigenvalue weighted by Crippen LogP contribution is 2.29. The van der Waals surface area contributed by atoms with E-state index in [1.165, 1.54) is 30.9 Å². The predicted molar refractivity (Wildman–Crippen MR) is 106 cm³/mol. The van der Waals surface area contributed by atoms with Crippen molar-refractivity contribution in [2.24, 2.45) is 19.2 Å². The average Bonchev–Trinajstić information content (AvgIpc) is 3.08. The number of aryl methyl sites for hydroxylation is 1. The number of piperidine rings is 1. The second-order valence-corrected chi connectivity index (χ2v) is 7.60. The van der Waals surface area contributed by atoms with Crippen LogP contribution >= 0.6 is 0 Å². The van der Waals surface area contributed by atoms with Gasteiger partial charge < -0.3 is 4.90 Å². The van der Waals surface area contributed by atoms with Gasteiger partial charge in [-0.25, -0.2) is 9.80 Å². The first kappa shape index (κ1) is 18.0. The molecule has 0 bridgehead atoms. The second kappa shape index (κ2) is 6.63. The first-order valence-corrected chi connectivity index (χ1v) is 9.63. The molecule has 0 N–H and O–H groups in total. The maximum atomic E-state index is 12.8. The predicted octanol–water partition coefficient (Wildman–Crippen LogP) is 0.677. The lowest BCUT2D eigenvalue weighted by molar-refractivity contribution is 0.233. The normalized spacial score (nSPS) is 20.8. The van der Waals surface area contributed by atoms with Crippen LogP contribution in [0.2, 0.25) is 0 Å². The van der Waals surface area contributed by atoms with E-state index in [1.807, 2.05) is 23.4 Å². The van der Waals surface area contributed by atoms with Crippen LogP contribution < -0.4 is 16.3 Å². The zero-order valence-corrected chi connectivity index (χ0v) is 16.5. The molecule has 0 spiro atoms. The Balaban J connectivity index is 1.79. The molecule has 4 heterocycles. The fourth-order valence-corrected chi connectivity index (χ4v) is 4.03. The molecule has 0 aromatic carbocycles. The molecule has 9 nitrogen and oxygen atoms in total. The van der Waals surface area contributed by atoms with Gasteiger partial charge in [0, 0.05) is 20.6 Å². The molecule has 2 aliphatic rings. The number of hydrogen-bond donors (Lipinski definition) is 0. The number of rotatable bonds is 3. The van der Waals surface area contributed by atoms with Gasteiger partial charge in [-0.05, 0) is 39.8 Å². The maximum absolute atomic E-state index is 12.8. The number of aromatic nitrogens is 4. The van der Waals surface area contributed by atoms with E-state index in [4.69, 9.17) is 5.10 Å². The summed E-state index contributed by atoms with van der Waals surface area (Å²) in [5.74, 6) is 0.637. The molecule has 2 aromatic heterocycles. The van der Waals surface area contributed by atoms with Gasteiger partial charge in [-0.3, -0.25) is 18.5 Å². The van der Waals surface area contributed by atoms with Crippen LogP contribution in [-0.2, 0) is 14.1 Å². The second-order valence-electron chi connectivity index (χ2n) is 7.60. The van der Waals surface area contributed by atoms with Crippen LogP contribution in [0.4, 0.5) is 5.95 Å². The van der Waals surface area contributed by atoms with Gasteiger partial charge in [0.1, 0.15) is 0 Å². The SMILES string of the molecule is CC1=NN(CCN2CCCCC2)c2nc3c(c(=O)n(C)c(=O)n3C)n2[C@@H]1C. The first-order chi connectivity index (χ1) is 12.9. The topological polar surface area (TPSA) is 80.7 Å². The summed E-state index contributed by atoms with van der Waals surface area (Å²) in [6, 6.07) is -0.0820. The molecule has 0 amide bonds. The molecule has 2 aliphatic heterocycles. The van der Waals surface area contributed by atoms with E-state index in [-0.39, 0.29) is 17.3 Å². The Morgan fingerprint density at radius 1 is 1.04 bits per heavy atom. The summed E-state index contributed by atoms with van der Waals surface area (Å²) in [4.78, 5) is 32.2. The van der Waals surface area contributed by atoms with Gasteiger partial charge >= 0.3 is 5.69 Å². The Morgan fingerprint density at radius 3 is 2.44 bits per heavy atom. The molecule has 1 fully saturated rings. The van der Waals surface area contributed by atoms with Gasteiger partial charge in [0.2, 0.25) is 5.95 Å². The number of anilines is 1. The van der Waals surface area contributed by atoms with Crippen molar-refractivity contribution in [1.29, 1.82) is 0 Å². The zero-order chi connectivity index (χ0) is 19.3. The van der Waals surface area contributed by atoms with E-state index < -0.39 is 0 Å². The smallest absolute Gasteiger partial charge is 0.301 e. The molecular formula is C18H27N7O2. The summed E-state index contributed by atoms with van der Waals surface area (Å²) in [5, 5.41) is 6.61. The van der Waals surface area contributed by atoms with E-state index in [0.717, 1.165) is 29.9 Å². The molecular weight excluding hydrogens is 346 g/mol. The minimum absolute atomic E-state index is 0.0820. The van der Waals surface area contributed by atoms with Crippen molar-refractivity contribution in [2.45, 2.75) is 39.2 Å². The number of likely N-dealkylation sites (tertiary alicyclic amines) is 1. The van der Waals surface area contributed by atoms with Crippen molar-refractivity contribution in [1.82, 2.24) is 23.6 Å². The minimum Gasteiger partial charge on any atom is -0.301 e. The molecule has 1 atom stereocenters. The van der Waals surface area contributed by atoms with E-state index >= 15 is 0 Å². The van der Waals surface area contributed by atoms with Crippen molar-refractivity contribution in [3.63, 3.8) is 0 Å². The molecule has 4 rings (SSSR count). The van der Waals surface area contributed by atoms with Gasteiger partial charge in [-0.15, -0.1) is 0 Å².